The van der Waals surface area contributed by atoms with Crippen LogP contribution in [0.15, 0.2) is 55.0 Å². The van der Waals surface area contributed by atoms with Crippen LogP contribution in [0.3, 0.4) is 0 Å². The van der Waals surface area contributed by atoms with E-state index in [-0.39, 0.29) is 0 Å². The van der Waals surface area contributed by atoms with Gasteiger partial charge in [-0.25, -0.2) is 43.6 Å². The molecular formula is C24H18N12. The van der Waals surface area contributed by atoms with Crippen molar-refractivity contribution in [2.75, 3.05) is 0 Å². The second-order valence-electron chi connectivity index (χ2n) is 8.26. The summed E-state index contributed by atoms with van der Waals surface area (Å²) in [6.45, 7) is 5.68. The van der Waals surface area contributed by atoms with Crippen molar-refractivity contribution in [1.29, 1.82) is 0 Å². The predicted octanol–water partition coefficient (Wildman–Crippen LogP) is 3.00. The Morgan fingerprint density at radius 3 is 1.06 bits per heavy atom. The van der Waals surface area contributed by atoms with E-state index in [1.54, 1.807) is 18.6 Å². The Bertz CT molecular complexity index is 1710. The molecule has 0 aliphatic rings. The lowest BCUT2D eigenvalue weighted by atomic mass is 10.4. The normalized spacial score (nSPS) is 11.8. The first-order valence-electron chi connectivity index (χ1n) is 11.3. The van der Waals surface area contributed by atoms with Crippen molar-refractivity contribution in [3.8, 4) is 17.8 Å². The fourth-order valence-electron chi connectivity index (χ4n) is 4.44. The third kappa shape index (κ3) is 2.90. The molecule has 7 heterocycles. The Hall–Kier alpha value is -5.13. The van der Waals surface area contributed by atoms with Gasteiger partial charge in [-0.15, -0.1) is 0 Å². The molecule has 0 fully saturated rings. The third-order valence-electron chi connectivity index (χ3n) is 5.95. The summed E-state index contributed by atoms with van der Waals surface area (Å²) in [5.74, 6) is 3.18. The molecular weight excluding hydrogens is 456 g/mol. The Morgan fingerprint density at radius 1 is 0.444 bits per heavy atom. The predicted molar refractivity (Wildman–Crippen MR) is 131 cm³/mol. The third-order valence-corrected chi connectivity index (χ3v) is 5.95. The van der Waals surface area contributed by atoms with Crippen LogP contribution in [0.5, 0.6) is 0 Å². The van der Waals surface area contributed by atoms with E-state index in [0.29, 0.717) is 52.3 Å². The van der Waals surface area contributed by atoms with E-state index in [1.165, 1.54) is 0 Å². The van der Waals surface area contributed by atoms with Gasteiger partial charge < -0.3 is 0 Å². The van der Waals surface area contributed by atoms with Gasteiger partial charge in [0.1, 0.15) is 34.0 Å². The number of pyridine rings is 3. The number of hydrogen-bond donors (Lipinski definition) is 0. The van der Waals surface area contributed by atoms with E-state index in [0.717, 1.165) is 16.6 Å². The smallest absolute Gasteiger partial charge is 0.243 e. The second-order valence-corrected chi connectivity index (χ2v) is 8.26. The zero-order valence-electron chi connectivity index (χ0n) is 19.6. The maximum atomic E-state index is 4.85. The van der Waals surface area contributed by atoms with Crippen LogP contribution in [0.4, 0.5) is 0 Å². The molecule has 174 valence electrons. The summed E-state index contributed by atoms with van der Waals surface area (Å²) in [5.41, 5.74) is 4.18. The van der Waals surface area contributed by atoms with Gasteiger partial charge in [-0.2, -0.15) is 15.0 Å². The summed E-state index contributed by atoms with van der Waals surface area (Å²) in [6, 6.07) is 11.3. The summed E-state index contributed by atoms with van der Waals surface area (Å²) in [4.78, 5) is 42.1. The zero-order chi connectivity index (χ0) is 24.4. The summed E-state index contributed by atoms with van der Waals surface area (Å²) in [5, 5.41) is 0. The molecule has 0 spiro atoms. The Labute approximate surface area is 203 Å². The van der Waals surface area contributed by atoms with E-state index in [9.17, 15) is 0 Å². The van der Waals surface area contributed by atoms with Gasteiger partial charge in [-0.1, -0.05) is 0 Å². The van der Waals surface area contributed by atoms with E-state index in [2.05, 4.69) is 29.9 Å². The molecule has 12 heteroatoms. The van der Waals surface area contributed by atoms with Crippen LogP contribution < -0.4 is 0 Å². The fourth-order valence-corrected chi connectivity index (χ4v) is 4.44. The monoisotopic (exact) mass is 474 g/mol. The SMILES string of the molecule is Cc1nc2cccnc2n1-c1nc(-n2c(C)nc3cccnc32)nc(-n2c(C)nc3cccnc32)n1. The van der Waals surface area contributed by atoms with Gasteiger partial charge in [0.2, 0.25) is 17.8 Å². The lowest BCUT2D eigenvalue weighted by Crippen LogP contribution is -2.15. The van der Waals surface area contributed by atoms with Gasteiger partial charge in [-0.05, 0) is 57.2 Å². The summed E-state index contributed by atoms with van der Waals surface area (Å²) in [6.07, 6.45) is 5.16. The standard InChI is InChI=1S/C24H18N12/c1-13-28-16-7-4-10-25-19(16)34(13)22-31-23(35-14(2)29-17-8-5-11-26-20(17)35)33-24(32-22)36-15(3)30-18-9-6-12-27-21(18)36/h4-12H,1-3H3. The van der Waals surface area contributed by atoms with Gasteiger partial charge in [0.15, 0.2) is 16.9 Å². The van der Waals surface area contributed by atoms with E-state index < -0.39 is 0 Å². The molecule has 12 nitrogen and oxygen atoms in total. The minimum absolute atomic E-state index is 0.364. The number of aromatic nitrogens is 12. The van der Waals surface area contributed by atoms with Crippen molar-refractivity contribution in [2.24, 2.45) is 0 Å². The maximum absolute atomic E-state index is 4.85. The average molecular weight is 474 g/mol. The number of fused-ring (bicyclic) bond motifs is 3. The van der Waals surface area contributed by atoms with Crippen LogP contribution in [0, 0.1) is 20.8 Å². The number of imidazole rings is 3. The van der Waals surface area contributed by atoms with Crippen molar-refractivity contribution < 1.29 is 0 Å². The molecule has 0 saturated carbocycles. The molecule has 0 atom stereocenters. The van der Waals surface area contributed by atoms with Gasteiger partial charge in [0.25, 0.3) is 0 Å². The first-order chi connectivity index (χ1) is 17.6. The largest absolute Gasteiger partial charge is 0.248 e. The van der Waals surface area contributed by atoms with Crippen LogP contribution in [0.1, 0.15) is 17.5 Å². The highest BCUT2D eigenvalue weighted by atomic mass is 15.4. The fraction of sp³-hybridized carbons (Fsp3) is 0.125. The van der Waals surface area contributed by atoms with Gasteiger partial charge in [-0.3, -0.25) is 0 Å². The first kappa shape index (κ1) is 20.3. The van der Waals surface area contributed by atoms with Gasteiger partial charge in [0, 0.05) is 18.6 Å². The van der Waals surface area contributed by atoms with Crippen molar-refractivity contribution in [1.82, 2.24) is 58.6 Å². The molecule has 0 radical (unpaired) electrons. The number of hydrogen-bond acceptors (Lipinski definition) is 9. The molecule has 0 saturated heterocycles. The molecule has 7 aromatic rings. The van der Waals surface area contributed by atoms with Crippen molar-refractivity contribution >= 4 is 33.5 Å². The minimum Gasteiger partial charge on any atom is -0.248 e. The van der Waals surface area contributed by atoms with Crippen molar-refractivity contribution in [2.45, 2.75) is 20.8 Å². The quantitative estimate of drug-likeness (QED) is 0.379. The lowest BCUT2D eigenvalue weighted by molar-refractivity contribution is 0.781. The molecule has 0 aliphatic carbocycles. The Kier molecular flexibility index (Phi) is 4.18. The van der Waals surface area contributed by atoms with Crippen molar-refractivity contribution in [3.63, 3.8) is 0 Å². The van der Waals surface area contributed by atoms with Gasteiger partial charge >= 0.3 is 0 Å². The van der Waals surface area contributed by atoms with Crippen LogP contribution in [-0.2, 0) is 0 Å². The maximum Gasteiger partial charge on any atom is 0.243 e. The molecule has 36 heavy (non-hydrogen) atoms. The topological polar surface area (TPSA) is 131 Å². The number of nitrogens with zero attached hydrogens (tertiary/aromatic N) is 12. The Balaban J connectivity index is 1.58. The summed E-state index contributed by atoms with van der Waals surface area (Å²) >= 11 is 0. The molecule has 0 aliphatic heterocycles. The zero-order valence-corrected chi connectivity index (χ0v) is 19.6. The molecule has 7 rings (SSSR count). The first-order valence-corrected chi connectivity index (χ1v) is 11.3. The van der Waals surface area contributed by atoms with Crippen LogP contribution in [0.2, 0.25) is 0 Å². The molecule has 0 bridgehead atoms. The minimum atomic E-state index is 0.364. The van der Waals surface area contributed by atoms with Gasteiger partial charge in [0.05, 0.1) is 0 Å². The molecule has 0 N–H and O–H groups in total. The second kappa shape index (κ2) is 7.43. The van der Waals surface area contributed by atoms with Crippen LogP contribution in [0.25, 0.3) is 51.3 Å². The summed E-state index contributed by atoms with van der Waals surface area (Å²) < 4.78 is 5.44. The van der Waals surface area contributed by atoms with E-state index >= 15 is 0 Å². The van der Waals surface area contributed by atoms with Crippen molar-refractivity contribution in [3.05, 3.63) is 72.5 Å². The molecule has 0 aromatic carbocycles. The molecule has 0 amide bonds. The number of rotatable bonds is 3. The lowest BCUT2D eigenvalue weighted by Gasteiger charge is -2.12. The Morgan fingerprint density at radius 2 is 0.750 bits per heavy atom. The van der Waals surface area contributed by atoms with Crippen LogP contribution >= 0.6 is 0 Å². The highest BCUT2D eigenvalue weighted by Gasteiger charge is 2.21. The highest BCUT2D eigenvalue weighted by Crippen LogP contribution is 2.23. The highest BCUT2D eigenvalue weighted by molar-refractivity contribution is 5.75. The number of aryl methyl sites for hydroxylation is 3. The molecule has 7 aromatic heterocycles. The summed E-state index contributed by atoms with van der Waals surface area (Å²) in [7, 11) is 0. The average Bonchev–Trinajstić information content (AvgIpc) is 3.51. The van der Waals surface area contributed by atoms with E-state index in [4.69, 9.17) is 15.0 Å². The molecule has 0 unspecified atom stereocenters. The van der Waals surface area contributed by atoms with Crippen LogP contribution in [-0.4, -0.2) is 58.6 Å². The van der Waals surface area contributed by atoms with E-state index in [1.807, 2.05) is 70.9 Å².